The summed E-state index contributed by atoms with van der Waals surface area (Å²) in [5.74, 6) is 2.08. The van der Waals surface area contributed by atoms with Gasteiger partial charge in [0.1, 0.15) is 0 Å². The Bertz CT molecular complexity index is 692. The van der Waals surface area contributed by atoms with E-state index in [1.807, 2.05) is 0 Å². The van der Waals surface area contributed by atoms with Crippen LogP contribution in [0.3, 0.4) is 0 Å². The van der Waals surface area contributed by atoms with Gasteiger partial charge in [-0.2, -0.15) is 0 Å². The first-order valence-electron chi connectivity index (χ1n) is 12.6. The molecule has 0 bridgehead atoms. The van der Waals surface area contributed by atoms with Gasteiger partial charge in [-0.05, 0) is 111 Å². The maximum absolute atomic E-state index is 11.3. The molecule has 5 aliphatic carbocycles. The molecule has 0 aromatic carbocycles. The molecule has 0 aromatic rings. The summed E-state index contributed by atoms with van der Waals surface area (Å²) in [4.78, 5) is 0. The number of nitrogens with one attached hydrogen (secondary N) is 2. The van der Waals surface area contributed by atoms with E-state index in [0.717, 1.165) is 18.3 Å². The zero-order valence-corrected chi connectivity index (χ0v) is 20.1. The Morgan fingerprint density at radius 2 is 1.52 bits per heavy atom. The summed E-state index contributed by atoms with van der Waals surface area (Å²) in [6.07, 6.45) is 10.7. The quantitative estimate of drug-likeness (QED) is 0.647. The highest BCUT2D eigenvalue weighted by Crippen LogP contribution is 2.88. The van der Waals surface area contributed by atoms with Crippen molar-refractivity contribution in [3.63, 3.8) is 0 Å². The van der Waals surface area contributed by atoms with Crippen molar-refractivity contribution in [3.05, 3.63) is 0 Å². The number of hydrogen-bond donors (Lipinski definition) is 3. The van der Waals surface area contributed by atoms with E-state index in [1.54, 1.807) is 0 Å². The average Bonchev–Trinajstić information content (AvgIpc) is 3.26. The molecule has 5 aliphatic rings. The van der Waals surface area contributed by atoms with Crippen LogP contribution >= 0.6 is 0 Å². The first-order valence-corrected chi connectivity index (χ1v) is 12.6. The summed E-state index contributed by atoms with van der Waals surface area (Å²) < 4.78 is 0. The fourth-order valence-corrected chi connectivity index (χ4v) is 11.1. The second-order valence-electron chi connectivity index (χ2n) is 13.1. The van der Waals surface area contributed by atoms with Crippen LogP contribution in [-0.4, -0.2) is 37.4 Å². The number of aliphatic hydroxyl groups is 1. The molecule has 10 atom stereocenters. The normalized spacial score (nSPS) is 58.6. The first kappa shape index (κ1) is 20.8. The molecule has 5 fully saturated rings. The van der Waals surface area contributed by atoms with Crippen LogP contribution in [0.5, 0.6) is 0 Å². The van der Waals surface area contributed by atoms with E-state index in [4.69, 9.17) is 0 Å². The molecule has 0 saturated heterocycles. The van der Waals surface area contributed by atoms with Gasteiger partial charge in [-0.25, -0.2) is 0 Å². The molecule has 0 aliphatic heterocycles. The molecule has 29 heavy (non-hydrogen) atoms. The smallest absolute Gasteiger partial charge is 0.0594 e. The maximum atomic E-state index is 11.3. The fourth-order valence-electron chi connectivity index (χ4n) is 11.1. The molecular weight excluding hydrogens is 356 g/mol. The van der Waals surface area contributed by atoms with Crippen molar-refractivity contribution in [2.75, 3.05) is 14.1 Å². The molecule has 166 valence electrons. The Balaban J connectivity index is 1.52. The molecule has 2 spiro atoms. The van der Waals surface area contributed by atoms with E-state index < -0.39 is 0 Å². The lowest BCUT2D eigenvalue weighted by Crippen LogP contribution is -2.59. The van der Waals surface area contributed by atoms with Gasteiger partial charge in [0.25, 0.3) is 0 Å². The molecule has 5 rings (SSSR count). The van der Waals surface area contributed by atoms with Gasteiger partial charge in [-0.1, -0.05) is 27.7 Å². The van der Waals surface area contributed by atoms with Crippen LogP contribution in [0.2, 0.25) is 0 Å². The monoisotopic (exact) mass is 402 g/mol. The number of fused-ring (bicyclic) bond motifs is 2. The molecule has 3 heteroatoms. The van der Waals surface area contributed by atoms with Crippen molar-refractivity contribution in [2.45, 2.75) is 104 Å². The van der Waals surface area contributed by atoms with E-state index >= 15 is 0 Å². The van der Waals surface area contributed by atoms with Gasteiger partial charge in [-0.3, -0.25) is 0 Å². The maximum Gasteiger partial charge on any atom is 0.0594 e. The second-order valence-corrected chi connectivity index (χ2v) is 13.1. The van der Waals surface area contributed by atoms with Crippen molar-refractivity contribution >= 4 is 0 Å². The second kappa shape index (κ2) is 6.01. The molecule has 5 saturated carbocycles. The summed E-state index contributed by atoms with van der Waals surface area (Å²) in [7, 11) is 4.25. The summed E-state index contributed by atoms with van der Waals surface area (Å²) in [5, 5.41) is 18.4. The molecule has 3 unspecified atom stereocenters. The summed E-state index contributed by atoms with van der Waals surface area (Å²) in [6, 6.07) is 1.06. The van der Waals surface area contributed by atoms with Crippen molar-refractivity contribution in [1.82, 2.24) is 10.6 Å². The zero-order chi connectivity index (χ0) is 21.0. The van der Waals surface area contributed by atoms with E-state index in [1.165, 1.54) is 44.9 Å². The van der Waals surface area contributed by atoms with Crippen LogP contribution in [0, 0.1) is 44.8 Å². The van der Waals surface area contributed by atoms with E-state index in [0.29, 0.717) is 39.7 Å². The van der Waals surface area contributed by atoms with Crippen LogP contribution in [0.4, 0.5) is 0 Å². The lowest BCUT2D eigenvalue weighted by atomic mass is 9.42. The van der Waals surface area contributed by atoms with Crippen LogP contribution in [0.1, 0.15) is 86.0 Å². The Morgan fingerprint density at radius 1 is 0.862 bits per heavy atom. The van der Waals surface area contributed by atoms with Gasteiger partial charge >= 0.3 is 0 Å². The minimum Gasteiger partial charge on any atom is -0.393 e. The van der Waals surface area contributed by atoms with Crippen molar-refractivity contribution in [3.8, 4) is 0 Å². The third-order valence-electron chi connectivity index (χ3n) is 12.5. The molecule has 3 nitrogen and oxygen atoms in total. The molecule has 0 aromatic heterocycles. The lowest BCUT2D eigenvalue weighted by molar-refractivity contribution is -0.144. The van der Waals surface area contributed by atoms with Crippen LogP contribution < -0.4 is 10.6 Å². The topological polar surface area (TPSA) is 44.3 Å². The number of aliphatic hydroxyl groups excluding tert-OH is 1. The van der Waals surface area contributed by atoms with Crippen molar-refractivity contribution in [1.29, 1.82) is 0 Å². The molecule has 3 N–H and O–H groups in total. The largest absolute Gasteiger partial charge is 0.393 e. The highest BCUT2D eigenvalue weighted by atomic mass is 16.3. The van der Waals surface area contributed by atoms with Gasteiger partial charge in [-0.15, -0.1) is 0 Å². The van der Waals surface area contributed by atoms with Gasteiger partial charge in [0.15, 0.2) is 0 Å². The highest BCUT2D eigenvalue weighted by Gasteiger charge is 2.82. The van der Waals surface area contributed by atoms with E-state index in [-0.39, 0.29) is 11.5 Å². The Morgan fingerprint density at radius 3 is 2.17 bits per heavy atom. The zero-order valence-electron chi connectivity index (χ0n) is 20.1. The van der Waals surface area contributed by atoms with Crippen LogP contribution in [0.15, 0.2) is 0 Å². The highest BCUT2D eigenvalue weighted by molar-refractivity contribution is 5.31. The van der Waals surface area contributed by atoms with Crippen LogP contribution in [0.25, 0.3) is 0 Å². The Hall–Kier alpha value is -0.120. The fraction of sp³-hybridized carbons (Fsp3) is 1.00. The van der Waals surface area contributed by atoms with Gasteiger partial charge in [0, 0.05) is 18.0 Å². The molecule has 0 amide bonds. The molecular formula is C26H46N2O. The first-order chi connectivity index (χ1) is 13.5. The van der Waals surface area contributed by atoms with Crippen molar-refractivity contribution in [2.24, 2.45) is 44.8 Å². The Labute approximate surface area is 179 Å². The van der Waals surface area contributed by atoms with Gasteiger partial charge in [0.2, 0.25) is 0 Å². The van der Waals surface area contributed by atoms with Gasteiger partial charge in [0.05, 0.1) is 6.10 Å². The minimum atomic E-state index is -0.147. The van der Waals surface area contributed by atoms with Crippen LogP contribution in [-0.2, 0) is 0 Å². The third kappa shape index (κ3) is 2.16. The average molecular weight is 403 g/mol. The summed E-state index contributed by atoms with van der Waals surface area (Å²) in [5.41, 5.74) is 2.14. The predicted molar refractivity (Wildman–Crippen MR) is 120 cm³/mol. The number of rotatable bonds is 3. The van der Waals surface area contributed by atoms with Crippen molar-refractivity contribution < 1.29 is 5.11 Å². The minimum absolute atomic E-state index is 0.147. The molecule has 0 radical (unpaired) electrons. The predicted octanol–water partition coefficient (Wildman–Crippen LogP) is 4.59. The van der Waals surface area contributed by atoms with E-state index in [2.05, 4.69) is 59.3 Å². The Kier molecular flexibility index (Phi) is 4.31. The molecule has 0 heterocycles. The lowest BCUT2D eigenvalue weighted by Gasteiger charge is -2.63. The van der Waals surface area contributed by atoms with E-state index in [9.17, 15) is 5.11 Å². The van der Waals surface area contributed by atoms with Gasteiger partial charge < -0.3 is 15.7 Å². The summed E-state index contributed by atoms with van der Waals surface area (Å²) in [6.45, 7) is 12.6. The number of hydrogen-bond acceptors (Lipinski definition) is 3. The SMILES string of the molecule is CNC(C)[C@@H]1C(O)C[C@]2(C)[C@@H]3CC[C@H]4C(C)(C)C(NC)CC[C@]45C[C@]35CC[C@@]12C. The third-order valence-corrected chi connectivity index (χ3v) is 12.5. The standard InChI is InChI=1S/C26H46N2O/c1-16(27-6)21-17(29)14-24(5)19-9-8-18-22(2,3)20(28-7)10-11-25(18)15-26(19,25)13-12-23(21,24)4/h16-21,27-29H,8-15H2,1-7H3/t16?,17?,18-,19-,20?,21+,23-,24+,25-,26+/m0/s1. The summed E-state index contributed by atoms with van der Waals surface area (Å²) >= 11 is 0.